The Hall–Kier alpha value is -2.14. The van der Waals surface area contributed by atoms with E-state index in [1.165, 1.54) is 23.4 Å². The zero-order valence-electron chi connectivity index (χ0n) is 15.0. The van der Waals surface area contributed by atoms with Gasteiger partial charge in [-0.1, -0.05) is 75.0 Å². The summed E-state index contributed by atoms with van der Waals surface area (Å²) in [5.41, 5.74) is 3.11. The minimum Gasteiger partial charge on any atom is -0.305 e. The molecule has 1 aromatic heterocycles. The van der Waals surface area contributed by atoms with Crippen molar-refractivity contribution in [3.8, 4) is 11.4 Å². The standard InChI is InChI=1S/C20H22FN3S/c1-20(2,3)16-11-9-14(10-12-16)18-22-23-19(24(18)4)25-13-15-7-5-6-8-17(15)21/h5-12H,13H2,1-4H3. The number of nitrogens with zero attached hydrogens (tertiary/aromatic N) is 3. The third-order valence-electron chi connectivity index (χ3n) is 4.16. The summed E-state index contributed by atoms with van der Waals surface area (Å²) in [6.45, 7) is 6.59. The van der Waals surface area contributed by atoms with Gasteiger partial charge in [-0.05, 0) is 22.6 Å². The van der Waals surface area contributed by atoms with E-state index in [1.807, 2.05) is 17.7 Å². The first-order chi connectivity index (χ1) is 11.9. The fourth-order valence-corrected chi connectivity index (χ4v) is 3.47. The van der Waals surface area contributed by atoms with Crippen LogP contribution in [0.5, 0.6) is 0 Å². The van der Waals surface area contributed by atoms with Crippen molar-refractivity contribution < 1.29 is 4.39 Å². The third-order valence-corrected chi connectivity index (χ3v) is 5.23. The fourth-order valence-electron chi connectivity index (χ4n) is 2.57. The number of halogens is 1. The van der Waals surface area contributed by atoms with Gasteiger partial charge < -0.3 is 4.57 Å². The maximum Gasteiger partial charge on any atom is 0.191 e. The van der Waals surface area contributed by atoms with Gasteiger partial charge in [-0.3, -0.25) is 0 Å². The van der Waals surface area contributed by atoms with E-state index < -0.39 is 0 Å². The number of thioether (sulfide) groups is 1. The highest BCUT2D eigenvalue weighted by molar-refractivity contribution is 7.98. The van der Waals surface area contributed by atoms with E-state index in [-0.39, 0.29) is 11.2 Å². The predicted molar refractivity (Wildman–Crippen MR) is 101 cm³/mol. The Bertz CT molecular complexity index is 863. The van der Waals surface area contributed by atoms with Crippen LogP contribution in [0, 0.1) is 5.82 Å². The van der Waals surface area contributed by atoms with Crippen LogP contribution in [0.15, 0.2) is 53.7 Å². The quantitative estimate of drug-likeness (QED) is 0.602. The molecule has 25 heavy (non-hydrogen) atoms. The first-order valence-corrected chi connectivity index (χ1v) is 9.21. The van der Waals surface area contributed by atoms with Crippen molar-refractivity contribution >= 4 is 11.8 Å². The van der Waals surface area contributed by atoms with Crippen LogP contribution in [0.4, 0.5) is 4.39 Å². The molecule has 3 rings (SSSR count). The lowest BCUT2D eigenvalue weighted by Crippen LogP contribution is -2.10. The molecular formula is C20H22FN3S. The number of benzene rings is 2. The van der Waals surface area contributed by atoms with Crippen molar-refractivity contribution in [3.05, 3.63) is 65.5 Å². The Kier molecular flexibility index (Phi) is 4.95. The molecule has 0 bridgehead atoms. The van der Waals surface area contributed by atoms with Crippen LogP contribution < -0.4 is 0 Å². The Morgan fingerprint density at radius 1 is 1.00 bits per heavy atom. The number of hydrogen-bond donors (Lipinski definition) is 0. The summed E-state index contributed by atoms with van der Waals surface area (Å²) >= 11 is 1.49. The summed E-state index contributed by atoms with van der Waals surface area (Å²) in [6.07, 6.45) is 0. The lowest BCUT2D eigenvalue weighted by Gasteiger charge is -2.19. The molecule has 3 aromatic rings. The molecule has 0 aliphatic heterocycles. The summed E-state index contributed by atoms with van der Waals surface area (Å²) in [5, 5.41) is 9.35. The van der Waals surface area contributed by atoms with Crippen LogP contribution in [-0.2, 0) is 18.2 Å². The van der Waals surface area contributed by atoms with Crippen molar-refractivity contribution in [2.75, 3.05) is 0 Å². The van der Waals surface area contributed by atoms with Crippen LogP contribution in [0.2, 0.25) is 0 Å². The SMILES string of the molecule is Cn1c(SCc2ccccc2F)nnc1-c1ccc(C(C)(C)C)cc1. The predicted octanol–water partition coefficient (Wildman–Crippen LogP) is 5.21. The summed E-state index contributed by atoms with van der Waals surface area (Å²) in [4.78, 5) is 0. The smallest absolute Gasteiger partial charge is 0.191 e. The van der Waals surface area contributed by atoms with Gasteiger partial charge in [0.05, 0.1) is 0 Å². The Morgan fingerprint density at radius 2 is 1.68 bits per heavy atom. The average molecular weight is 355 g/mol. The van der Waals surface area contributed by atoms with E-state index in [9.17, 15) is 4.39 Å². The van der Waals surface area contributed by atoms with Gasteiger partial charge in [0.15, 0.2) is 11.0 Å². The van der Waals surface area contributed by atoms with E-state index in [2.05, 4.69) is 55.2 Å². The van der Waals surface area contributed by atoms with Gasteiger partial charge in [0.25, 0.3) is 0 Å². The molecule has 0 saturated heterocycles. The van der Waals surface area contributed by atoms with E-state index in [4.69, 9.17) is 0 Å². The van der Waals surface area contributed by atoms with Crippen LogP contribution in [-0.4, -0.2) is 14.8 Å². The number of rotatable bonds is 4. The lowest BCUT2D eigenvalue weighted by molar-refractivity contribution is 0.590. The van der Waals surface area contributed by atoms with Gasteiger partial charge in [-0.25, -0.2) is 4.39 Å². The molecule has 1 heterocycles. The maximum absolute atomic E-state index is 13.7. The average Bonchev–Trinajstić information content (AvgIpc) is 2.94. The Labute approximate surface area is 152 Å². The first-order valence-electron chi connectivity index (χ1n) is 8.23. The van der Waals surface area contributed by atoms with Crippen LogP contribution >= 0.6 is 11.8 Å². The van der Waals surface area contributed by atoms with Gasteiger partial charge in [0.2, 0.25) is 0 Å². The normalized spacial score (nSPS) is 11.7. The van der Waals surface area contributed by atoms with Gasteiger partial charge in [0, 0.05) is 18.4 Å². The van der Waals surface area contributed by atoms with Crippen molar-refractivity contribution in [1.29, 1.82) is 0 Å². The highest BCUT2D eigenvalue weighted by Gasteiger charge is 2.15. The van der Waals surface area contributed by atoms with Crippen LogP contribution in [0.3, 0.4) is 0 Å². The molecular weight excluding hydrogens is 333 g/mol. The molecule has 0 atom stereocenters. The highest BCUT2D eigenvalue weighted by atomic mass is 32.2. The Morgan fingerprint density at radius 3 is 2.32 bits per heavy atom. The van der Waals surface area contributed by atoms with Gasteiger partial charge >= 0.3 is 0 Å². The molecule has 0 unspecified atom stereocenters. The molecule has 2 aromatic carbocycles. The molecule has 130 valence electrons. The Balaban J connectivity index is 1.78. The van der Waals surface area contributed by atoms with E-state index in [0.29, 0.717) is 11.3 Å². The topological polar surface area (TPSA) is 30.7 Å². The van der Waals surface area contributed by atoms with E-state index >= 15 is 0 Å². The lowest BCUT2D eigenvalue weighted by atomic mass is 9.87. The molecule has 0 amide bonds. The molecule has 0 fully saturated rings. The summed E-state index contributed by atoms with van der Waals surface area (Å²) in [5.74, 6) is 1.16. The zero-order chi connectivity index (χ0) is 18.0. The van der Waals surface area contributed by atoms with Crippen molar-refractivity contribution in [1.82, 2.24) is 14.8 Å². The van der Waals surface area contributed by atoms with Gasteiger partial charge in [0.1, 0.15) is 5.82 Å². The van der Waals surface area contributed by atoms with Gasteiger partial charge in [-0.2, -0.15) is 0 Å². The first kappa shape index (κ1) is 17.7. The van der Waals surface area contributed by atoms with Crippen molar-refractivity contribution in [3.63, 3.8) is 0 Å². The second-order valence-electron chi connectivity index (χ2n) is 7.07. The summed E-state index contributed by atoms with van der Waals surface area (Å²) in [6, 6.07) is 15.3. The molecule has 3 nitrogen and oxygen atoms in total. The molecule has 0 N–H and O–H groups in total. The molecule has 0 aliphatic rings. The molecule has 0 saturated carbocycles. The highest BCUT2D eigenvalue weighted by Crippen LogP contribution is 2.28. The molecule has 0 aliphatic carbocycles. The molecule has 5 heteroatoms. The third kappa shape index (κ3) is 3.93. The second-order valence-corrected chi connectivity index (χ2v) is 8.02. The minimum absolute atomic E-state index is 0.124. The number of hydrogen-bond acceptors (Lipinski definition) is 3. The maximum atomic E-state index is 13.7. The van der Waals surface area contributed by atoms with E-state index in [1.54, 1.807) is 12.1 Å². The summed E-state index contributed by atoms with van der Waals surface area (Å²) < 4.78 is 15.7. The van der Waals surface area contributed by atoms with Crippen LogP contribution in [0.25, 0.3) is 11.4 Å². The second kappa shape index (κ2) is 7.00. The van der Waals surface area contributed by atoms with Crippen molar-refractivity contribution in [2.45, 2.75) is 37.1 Å². The number of aromatic nitrogens is 3. The minimum atomic E-state index is -0.185. The zero-order valence-corrected chi connectivity index (χ0v) is 15.8. The van der Waals surface area contributed by atoms with Crippen LogP contribution in [0.1, 0.15) is 31.9 Å². The fraction of sp³-hybridized carbons (Fsp3) is 0.300. The largest absolute Gasteiger partial charge is 0.305 e. The monoisotopic (exact) mass is 355 g/mol. The van der Waals surface area contributed by atoms with Crippen molar-refractivity contribution in [2.24, 2.45) is 7.05 Å². The molecule has 0 spiro atoms. The summed E-state index contributed by atoms with van der Waals surface area (Å²) in [7, 11) is 1.94. The molecule has 0 radical (unpaired) electrons. The van der Waals surface area contributed by atoms with Gasteiger partial charge in [-0.15, -0.1) is 10.2 Å². The van der Waals surface area contributed by atoms with E-state index in [0.717, 1.165) is 16.5 Å².